The smallest absolute Gasteiger partial charge is 0.439 e. The number of benzene rings is 4. The second-order valence-corrected chi connectivity index (χ2v) is 20.4. The van der Waals surface area contributed by atoms with Crippen molar-refractivity contribution in [3.05, 3.63) is 184 Å². The molecule has 0 saturated carbocycles. The van der Waals surface area contributed by atoms with Crippen LogP contribution in [-0.4, -0.2) is 93.0 Å². The highest BCUT2D eigenvalue weighted by Crippen LogP contribution is 2.35. The van der Waals surface area contributed by atoms with Crippen LogP contribution in [0.15, 0.2) is 112 Å². The van der Waals surface area contributed by atoms with E-state index in [1.54, 1.807) is 38.1 Å². The molecule has 30 heteroatoms. The van der Waals surface area contributed by atoms with Gasteiger partial charge in [0.25, 0.3) is 35.2 Å². The van der Waals surface area contributed by atoms with Crippen molar-refractivity contribution in [2.24, 2.45) is 0 Å². The molecule has 12 aromatic rings. The molecule has 2 aliphatic carbocycles. The molecule has 4 amide bonds. The summed E-state index contributed by atoms with van der Waals surface area (Å²) >= 11 is 10.7. The van der Waals surface area contributed by atoms with Gasteiger partial charge >= 0.3 is 11.5 Å². The highest BCUT2D eigenvalue weighted by atomic mass is 32.1. The number of hydrogen-bond donors (Lipinski definition) is 8. The third-order valence-electron chi connectivity index (χ3n) is 14.2. The van der Waals surface area contributed by atoms with Gasteiger partial charge in [0.15, 0.2) is 34.6 Å². The summed E-state index contributed by atoms with van der Waals surface area (Å²) in [5, 5.41) is 32.7. The number of nitrogens with one attached hydrogen (secondary N) is 8. The molecule has 8 N–H and O–H groups in total. The Morgan fingerprint density at radius 2 is 1.04 bits per heavy atom. The maximum absolute atomic E-state index is 13.6. The SMILES string of the molecule is Cc1nc2cc(CNC(=O)c3cc(C(=O)N[C@H]4CCc5cc(-c6noc(=O)[nH]6)ccc54)n4c(=S)[nH]nc4n3)ccc2o1.Cc1nc2cc(CNC(=O)c3cc(C(=O)N[C@H]4CCc5cc(-c6noc(=O)[nH]6)ccc54)nc4n[nH]c(=S)n34)ccc2o1. The predicted molar refractivity (Wildman–Crippen MR) is 298 cm³/mol. The van der Waals surface area contributed by atoms with Gasteiger partial charge in [-0.3, -0.25) is 38.2 Å². The lowest BCUT2D eigenvalue weighted by molar-refractivity contribution is 0.0918. The van der Waals surface area contributed by atoms with Crippen LogP contribution in [0.3, 0.4) is 0 Å². The van der Waals surface area contributed by atoms with E-state index in [0.717, 1.165) is 33.4 Å². The summed E-state index contributed by atoms with van der Waals surface area (Å²) in [5.41, 5.74) is 9.95. The van der Waals surface area contributed by atoms with E-state index in [9.17, 15) is 28.8 Å². The zero-order chi connectivity index (χ0) is 57.9. The summed E-state index contributed by atoms with van der Waals surface area (Å²) in [4.78, 5) is 98.4. The maximum Gasteiger partial charge on any atom is 0.439 e. The molecule has 2 aliphatic rings. The summed E-state index contributed by atoms with van der Waals surface area (Å²) in [6, 6.07) is 24.4. The molecule has 420 valence electrons. The van der Waals surface area contributed by atoms with Crippen LogP contribution in [-0.2, 0) is 25.9 Å². The number of aromatic nitrogens is 14. The standard InChI is InChI=1S/2C27H21N9O5S/c1-12-29-18-8-13(2-7-21(18)40-12)11-28-24(38)20-10-19(31-25-33-34-26(42)36(20)25)23(37)30-17-6-4-14-9-15(3-5-16(14)17)22-32-27(39)41-35-22;1-12-29-18-8-13(2-7-21(18)40-12)11-28-23(37)19-10-20(36-25(31-19)33-34-26(36)42)24(38)30-17-6-4-14-9-15(3-5-16(14)17)22-32-27(39)41-35-22/h2-3,5,7-10,17H,4,6,11H2,1H3,(H,28,38)(H,30,37)(H,34,42)(H,32,35,39);2-3,5,7-10,17H,4,6,11H2,1H3,(H,28,37)(H,30,38)(H,34,42)(H,32,35,39)/t2*17-/m00/s1. The maximum atomic E-state index is 13.6. The lowest BCUT2D eigenvalue weighted by Crippen LogP contribution is -2.30. The highest BCUT2D eigenvalue weighted by molar-refractivity contribution is 7.71. The molecule has 8 heterocycles. The van der Waals surface area contributed by atoms with Gasteiger partial charge in [-0.25, -0.2) is 48.5 Å². The molecule has 0 aliphatic heterocycles. The number of H-pyrrole nitrogens is 4. The Labute approximate surface area is 478 Å². The van der Waals surface area contributed by atoms with E-state index in [1.807, 2.05) is 48.5 Å². The minimum Gasteiger partial charge on any atom is -0.441 e. The fourth-order valence-electron chi connectivity index (χ4n) is 10.3. The zero-order valence-corrected chi connectivity index (χ0v) is 45.5. The van der Waals surface area contributed by atoms with Crippen molar-refractivity contribution in [3.8, 4) is 22.8 Å². The number of oxazole rings is 2. The number of rotatable bonds is 12. The lowest BCUT2D eigenvalue weighted by Gasteiger charge is -2.15. The molecule has 0 spiro atoms. The quantitative estimate of drug-likeness (QED) is 0.0664. The topological polar surface area (TPSA) is 378 Å². The van der Waals surface area contributed by atoms with Gasteiger partial charge in [0, 0.05) is 38.1 Å². The van der Waals surface area contributed by atoms with Crippen LogP contribution in [0, 0.1) is 23.4 Å². The molecular formula is C54H42N18O10S2. The van der Waals surface area contributed by atoms with Crippen molar-refractivity contribution in [2.75, 3.05) is 0 Å². The summed E-state index contributed by atoms with van der Waals surface area (Å²) in [6.45, 7) is 3.96. The number of fused-ring (bicyclic) bond motifs is 6. The number of carbonyl (C=O) groups excluding carboxylic acids is 4. The third-order valence-corrected chi connectivity index (χ3v) is 14.8. The number of nitrogens with zero attached hydrogens (tertiary/aromatic N) is 10. The van der Waals surface area contributed by atoms with Gasteiger partial charge in [-0.2, -0.15) is 0 Å². The minimum atomic E-state index is -0.631. The van der Waals surface area contributed by atoms with Crippen molar-refractivity contribution in [1.29, 1.82) is 0 Å². The molecule has 84 heavy (non-hydrogen) atoms. The number of aryl methyl sites for hydroxylation is 4. The van der Waals surface area contributed by atoms with E-state index in [0.29, 0.717) is 82.4 Å². The van der Waals surface area contributed by atoms with E-state index in [1.165, 1.54) is 20.9 Å². The fraction of sp³-hybridized carbons (Fsp3) is 0.185. The number of carbonyl (C=O) groups is 4. The normalized spacial score (nSPS) is 14.4. The average Bonchev–Trinajstić information content (AvgIpc) is 4.43. The average molecular weight is 1170 g/mol. The van der Waals surface area contributed by atoms with Crippen LogP contribution >= 0.6 is 24.4 Å². The van der Waals surface area contributed by atoms with Gasteiger partial charge < -0.3 is 30.1 Å². The van der Waals surface area contributed by atoms with Crippen LogP contribution in [0.25, 0.3) is 56.5 Å². The van der Waals surface area contributed by atoms with Crippen molar-refractivity contribution in [2.45, 2.75) is 64.7 Å². The molecular weight excluding hydrogens is 1120 g/mol. The number of aromatic amines is 4. The van der Waals surface area contributed by atoms with E-state index in [4.69, 9.17) is 33.3 Å². The van der Waals surface area contributed by atoms with Crippen LogP contribution in [0.5, 0.6) is 0 Å². The number of amides is 4. The molecule has 28 nitrogen and oxygen atoms in total. The largest absolute Gasteiger partial charge is 0.441 e. The molecule has 0 bridgehead atoms. The Morgan fingerprint density at radius 1 is 0.571 bits per heavy atom. The lowest BCUT2D eigenvalue weighted by atomic mass is 10.0. The fourth-order valence-corrected chi connectivity index (χ4v) is 10.8. The molecule has 2 atom stereocenters. The molecule has 14 rings (SSSR count). The third kappa shape index (κ3) is 10.2. The Hall–Kier alpha value is -10.9. The predicted octanol–water partition coefficient (Wildman–Crippen LogP) is 5.85. The van der Waals surface area contributed by atoms with E-state index in [2.05, 4.69) is 90.9 Å². The minimum absolute atomic E-state index is 0.0121. The molecule has 0 radical (unpaired) electrons. The molecule has 8 aromatic heterocycles. The molecule has 0 saturated heterocycles. The Kier molecular flexibility index (Phi) is 13.3. The highest BCUT2D eigenvalue weighted by Gasteiger charge is 2.29. The van der Waals surface area contributed by atoms with Gasteiger partial charge in [-0.1, -0.05) is 46.7 Å². The van der Waals surface area contributed by atoms with E-state index in [-0.39, 0.29) is 69.0 Å². The summed E-state index contributed by atoms with van der Waals surface area (Å²) in [7, 11) is 0. The van der Waals surface area contributed by atoms with Crippen molar-refractivity contribution >= 4 is 81.8 Å². The first kappa shape index (κ1) is 52.5. The van der Waals surface area contributed by atoms with Crippen LogP contribution in [0.1, 0.15) is 112 Å². The summed E-state index contributed by atoms with van der Waals surface area (Å²) in [5.74, 6) is -1.14. The first-order valence-corrected chi connectivity index (χ1v) is 26.7. The summed E-state index contributed by atoms with van der Waals surface area (Å²) in [6.07, 6.45) is 2.75. The first-order chi connectivity index (χ1) is 40.6. The molecule has 0 fully saturated rings. The van der Waals surface area contributed by atoms with Gasteiger partial charge in [0.2, 0.25) is 9.54 Å². The summed E-state index contributed by atoms with van der Waals surface area (Å²) < 4.78 is 23.3. The van der Waals surface area contributed by atoms with Gasteiger partial charge in [0.05, 0.1) is 12.1 Å². The van der Waals surface area contributed by atoms with Crippen LogP contribution < -0.4 is 32.8 Å². The first-order valence-electron chi connectivity index (χ1n) is 25.9. The van der Waals surface area contributed by atoms with Crippen LogP contribution in [0.4, 0.5) is 0 Å². The van der Waals surface area contributed by atoms with E-state index >= 15 is 0 Å². The number of hydrogen-bond acceptors (Lipinski definition) is 20. The Balaban J connectivity index is 0.000000157. The Bertz CT molecular complexity index is 4920. The molecule has 0 unspecified atom stereocenters. The van der Waals surface area contributed by atoms with Gasteiger partial charge in [-0.05, 0) is 132 Å². The van der Waals surface area contributed by atoms with Crippen LogP contribution in [0.2, 0.25) is 0 Å². The van der Waals surface area contributed by atoms with Gasteiger partial charge in [-0.15, -0.1) is 10.2 Å². The van der Waals surface area contributed by atoms with Crippen molar-refractivity contribution in [1.82, 2.24) is 90.7 Å². The van der Waals surface area contributed by atoms with Crippen molar-refractivity contribution in [3.63, 3.8) is 0 Å². The van der Waals surface area contributed by atoms with E-state index < -0.39 is 35.1 Å². The molecule has 4 aromatic carbocycles. The van der Waals surface area contributed by atoms with Gasteiger partial charge in [0.1, 0.15) is 33.8 Å². The van der Waals surface area contributed by atoms with Crippen molar-refractivity contribution < 1.29 is 37.1 Å². The zero-order valence-electron chi connectivity index (χ0n) is 43.9. The Morgan fingerprint density at radius 3 is 1.52 bits per heavy atom. The second kappa shape index (κ2) is 21.2. The second-order valence-electron chi connectivity index (χ2n) is 19.7. The monoisotopic (exact) mass is 1170 g/mol.